The lowest BCUT2D eigenvalue weighted by molar-refractivity contribution is -0.121. The maximum Gasteiger partial charge on any atom is 0.270 e. The highest BCUT2D eigenvalue weighted by molar-refractivity contribution is 5.98. The number of carbonyl (C=O) groups is 2. The fraction of sp³-hybridized carbons (Fsp3) is 0.375. The minimum absolute atomic E-state index is 0.0992. The maximum absolute atomic E-state index is 12.5. The molecule has 0 spiro atoms. The lowest BCUT2D eigenvalue weighted by atomic mass is 10.1. The Morgan fingerprint density at radius 1 is 1.41 bits per heavy atom. The van der Waals surface area contributed by atoms with Gasteiger partial charge in [-0.2, -0.15) is 0 Å². The molecule has 1 aliphatic rings. The summed E-state index contributed by atoms with van der Waals surface area (Å²) in [7, 11) is 0. The number of hydrogen-bond acceptors (Lipinski definition) is 3. The SMILES string of the molecule is CCOc1ccc2cc(C(=O)N3CC[C@@H](C(N)=O)C3)[nH]c2c1. The van der Waals surface area contributed by atoms with Gasteiger partial charge in [-0.3, -0.25) is 9.59 Å². The number of hydrogen-bond donors (Lipinski definition) is 2. The van der Waals surface area contributed by atoms with Gasteiger partial charge in [0.2, 0.25) is 5.91 Å². The number of fused-ring (bicyclic) bond motifs is 1. The number of likely N-dealkylation sites (tertiary alicyclic amines) is 1. The van der Waals surface area contributed by atoms with Gasteiger partial charge < -0.3 is 20.4 Å². The molecule has 0 bridgehead atoms. The van der Waals surface area contributed by atoms with Crippen LogP contribution in [0.2, 0.25) is 0 Å². The highest BCUT2D eigenvalue weighted by Crippen LogP contribution is 2.24. The summed E-state index contributed by atoms with van der Waals surface area (Å²) in [5, 5.41) is 0.956. The molecule has 1 aromatic carbocycles. The topological polar surface area (TPSA) is 88.4 Å². The van der Waals surface area contributed by atoms with Crippen LogP contribution in [0, 0.1) is 5.92 Å². The Morgan fingerprint density at radius 2 is 2.23 bits per heavy atom. The molecule has 3 rings (SSSR count). The van der Waals surface area contributed by atoms with Crippen molar-refractivity contribution in [2.45, 2.75) is 13.3 Å². The van der Waals surface area contributed by atoms with Crippen LogP contribution >= 0.6 is 0 Å². The number of primary amides is 1. The average molecular weight is 301 g/mol. The van der Waals surface area contributed by atoms with Gasteiger partial charge in [0.15, 0.2) is 0 Å². The molecule has 0 radical (unpaired) electrons. The summed E-state index contributed by atoms with van der Waals surface area (Å²) in [6, 6.07) is 7.51. The molecule has 116 valence electrons. The molecule has 0 aliphatic carbocycles. The van der Waals surface area contributed by atoms with E-state index in [2.05, 4.69) is 4.98 Å². The van der Waals surface area contributed by atoms with Gasteiger partial charge in [0.25, 0.3) is 5.91 Å². The number of nitrogens with two attached hydrogens (primary N) is 1. The third-order valence-electron chi connectivity index (χ3n) is 4.01. The number of ether oxygens (including phenoxy) is 1. The van der Waals surface area contributed by atoms with E-state index in [1.807, 2.05) is 31.2 Å². The van der Waals surface area contributed by atoms with Crippen LogP contribution in [-0.4, -0.2) is 41.4 Å². The van der Waals surface area contributed by atoms with Crippen molar-refractivity contribution >= 4 is 22.7 Å². The standard InChI is InChI=1S/C16H19N3O3/c1-2-22-12-4-3-10-7-14(18-13(10)8-12)16(21)19-6-5-11(9-19)15(17)20/h3-4,7-8,11,18H,2,5-6,9H2,1H3,(H2,17,20)/t11-/m1/s1. The summed E-state index contributed by atoms with van der Waals surface area (Å²) < 4.78 is 5.46. The van der Waals surface area contributed by atoms with Crippen LogP contribution in [0.1, 0.15) is 23.8 Å². The summed E-state index contributed by atoms with van der Waals surface area (Å²) in [5.41, 5.74) is 6.69. The van der Waals surface area contributed by atoms with Gasteiger partial charge in [-0.1, -0.05) is 0 Å². The molecule has 1 fully saturated rings. The highest BCUT2D eigenvalue weighted by Gasteiger charge is 2.30. The van der Waals surface area contributed by atoms with Crippen LogP contribution < -0.4 is 10.5 Å². The van der Waals surface area contributed by atoms with Crippen LogP contribution in [0.15, 0.2) is 24.3 Å². The zero-order chi connectivity index (χ0) is 15.7. The van der Waals surface area contributed by atoms with E-state index < -0.39 is 0 Å². The fourth-order valence-electron chi connectivity index (χ4n) is 2.83. The van der Waals surface area contributed by atoms with Crippen molar-refractivity contribution in [3.05, 3.63) is 30.0 Å². The van der Waals surface area contributed by atoms with Crippen LogP contribution in [0.25, 0.3) is 10.9 Å². The average Bonchev–Trinajstić information content (AvgIpc) is 3.13. The third kappa shape index (κ3) is 2.64. The second kappa shape index (κ2) is 5.71. The van der Waals surface area contributed by atoms with Crippen molar-refractivity contribution in [1.29, 1.82) is 0 Å². The Labute approximate surface area is 128 Å². The van der Waals surface area contributed by atoms with E-state index in [9.17, 15) is 9.59 Å². The van der Waals surface area contributed by atoms with E-state index in [0.29, 0.717) is 31.8 Å². The van der Waals surface area contributed by atoms with Gasteiger partial charge in [0.1, 0.15) is 11.4 Å². The Morgan fingerprint density at radius 3 is 2.91 bits per heavy atom. The number of rotatable bonds is 4. The third-order valence-corrected chi connectivity index (χ3v) is 4.01. The van der Waals surface area contributed by atoms with Crippen molar-refractivity contribution in [3.8, 4) is 5.75 Å². The minimum Gasteiger partial charge on any atom is -0.494 e. The van der Waals surface area contributed by atoms with E-state index in [4.69, 9.17) is 10.5 Å². The predicted molar refractivity (Wildman–Crippen MR) is 82.7 cm³/mol. The largest absolute Gasteiger partial charge is 0.494 e. The molecule has 1 saturated heterocycles. The molecule has 2 aromatic rings. The van der Waals surface area contributed by atoms with Crippen LogP contribution in [0.3, 0.4) is 0 Å². The summed E-state index contributed by atoms with van der Waals surface area (Å²) >= 11 is 0. The van der Waals surface area contributed by atoms with E-state index in [0.717, 1.165) is 16.7 Å². The first-order valence-electron chi connectivity index (χ1n) is 7.42. The molecule has 0 saturated carbocycles. The summed E-state index contributed by atoms with van der Waals surface area (Å²) in [4.78, 5) is 28.5. The molecule has 1 aliphatic heterocycles. The molecule has 0 unspecified atom stereocenters. The normalized spacial score (nSPS) is 17.9. The van der Waals surface area contributed by atoms with Crippen molar-refractivity contribution in [2.24, 2.45) is 11.7 Å². The number of H-pyrrole nitrogens is 1. The lowest BCUT2D eigenvalue weighted by Gasteiger charge is -2.14. The first-order chi connectivity index (χ1) is 10.6. The van der Waals surface area contributed by atoms with E-state index >= 15 is 0 Å². The van der Waals surface area contributed by atoms with Crippen molar-refractivity contribution in [3.63, 3.8) is 0 Å². The first-order valence-corrected chi connectivity index (χ1v) is 7.42. The second-order valence-electron chi connectivity index (χ2n) is 5.50. The van der Waals surface area contributed by atoms with Gasteiger partial charge in [0, 0.05) is 30.1 Å². The molecular formula is C16H19N3O3. The zero-order valence-electron chi connectivity index (χ0n) is 12.5. The summed E-state index contributed by atoms with van der Waals surface area (Å²) in [5.74, 6) is 0.0925. The highest BCUT2D eigenvalue weighted by atomic mass is 16.5. The number of carbonyl (C=O) groups excluding carboxylic acids is 2. The molecule has 6 heteroatoms. The summed E-state index contributed by atoms with van der Waals surface area (Å²) in [6.45, 7) is 3.48. The van der Waals surface area contributed by atoms with Crippen molar-refractivity contribution < 1.29 is 14.3 Å². The van der Waals surface area contributed by atoms with Crippen molar-refractivity contribution in [1.82, 2.24) is 9.88 Å². The van der Waals surface area contributed by atoms with E-state index in [1.165, 1.54) is 0 Å². The fourth-order valence-corrected chi connectivity index (χ4v) is 2.83. The van der Waals surface area contributed by atoms with Gasteiger partial charge in [-0.15, -0.1) is 0 Å². The molecule has 1 aromatic heterocycles. The molecule has 2 heterocycles. The Balaban J connectivity index is 1.81. The first kappa shape index (κ1) is 14.4. The number of nitrogens with zero attached hydrogens (tertiary/aromatic N) is 1. The number of amides is 2. The second-order valence-corrected chi connectivity index (χ2v) is 5.50. The zero-order valence-corrected chi connectivity index (χ0v) is 12.5. The van der Waals surface area contributed by atoms with Gasteiger partial charge in [0.05, 0.1) is 12.5 Å². The van der Waals surface area contributed by atoms with E-state index in [-0.39, 0.29) is 17.7 Å². The summed E-state index contributed by atoms with van der Waals surface area (Å²) in [6.07, 6.45) is 0.635. The Bertz CT molecular complexity index is 722. The van der Waals surface area contributed by atoms with Crippen LogP contribution in [0.4, 0.5) is 0 Å². The molecule has 3 N–H and O–H groups in total. The number of benzene rings is 1. The molecule has 6 nitrogen and oxygen atoms in total. The number of nitrogens with one attached hydrogen (secondary N) is 1. The predicted octanol–water partition coefficient (Wildman–Crippen LogP) is 1.51. The van der Waals surface area contributed by atoms with E-state index in [1.54, 1.807) is 4.90 Å². The Kier molecular flexibility index (Phi) is 3.75. The molecular weight excluding hydrogens is 282 g/mol. The number of aromatic nitrogens is 1. The van der Waals surface area contributed by atoms with Gasteiger partial charge in [-0.25, -0.2) is 0 Å². The van der Waals surface area contributed by atoms with Gasteiger partial charge >= 0.3 is 0 Å². The monoisotopic (exact) mass is 301 g/mol. The molecule has 1 atom stereocenters. The smallest absolute Gasteiger partial charge is 0.270 e. The number of aromatic amines is 1. The maximum atomic E-state index is 12.5. The van der Waals surface area contributed by atoms with Crippen LogP contribution in [0.5, 0.6) is 5.75 Å². The van der Waals surface area contributed by atoms with Crippen LogP contribution in [-0.2, 0) is 4.79 Å². The molecule has 2 amide bonds. The lowest BCUT2D eigenvalue weighted by Crippen LogP contribution is -2.31. The van der Waals surface area contributed by atoms with Crippen molar-refractivity contribution in [2.75, 3.05) is 19.7 Å². The quantitative estimate of drug-likeness (QED) is 0.897. The Hall–Kier alpha value is -2.50. The van der Waals surface area contributed by atoms with Gasteiger partial charge in [-0.05, 0) is 31.5 Å². The minimum atomic E-state index is -0.340. The molecule has 22 heavy (non-hydrogen) atoms.